The van der Waals surface area contributed by atoms with E-state index in [1.807, 2.05) is 18.2 Å². The van der Waals surface area contributed by atoms with Crippen molar-refractivity contribution in [1.29, 1.82) is 0 Å². The summed E-state index contributed by atoms with van der Waals surface area (Å²) in [5.74, 6) is 1.13. The lowest BCUT2D eigenvalue weighted by Gasteiger charge is -2.07. The van der Waals surface area contributed by atoms with Gasteiger partial charge in [0.05, 0.1) is 6.20 Å². The number of imidazole rings is 1. The Kier molecular flexibility index (Phi) is 2.04. The molecule has 0 bridgehead atoms. The lowest BCUT2D eigenvalue weighted by atomic mass is 10.3. The summed E-state index contributed by atoms with van der Waals surface area (Å²) < 4.78 is 1.37. The molecule has 0 spiro atoms. The zero-order chi connectivity index (χ0) is 11.0. The molecule has 0 aliphatic carbocycles. The molecule has 2 aliphatic heterocycles. The minimum absolute atomic E-state index is 0.551. The van der Waals surface area contributed by atoms with E-state index in [-0.39, 0.29) is 0 Å². The maximum absolute atomic E-state index is 6.13. The van der Waals surface area contributed by atoms with Gasteiger partial charge in [-0.05, 0) is 12.1 Å². The van der Waals surface area contributed by atoms with Gasteiger partial charge in [-0.15, -0.1) is 0 Å². The molecule has 78 valence electrons. The first-order chi connectivity index (χ1) is 7.86. The van der Waals surface area contributed by atoms with Crippen molar-refractivity contribution < 1.29 is 0 Å². The number of pyridine rings is 1. The van der Waals surface area contributed by atoms with Crippen LogP contribution in [0.15, 0.2) is 36.9 Å². The number of hydrogen-bond donors (Lipinski definition) is 0. The first-order valence-electron chi connectivity index (χ1n) is 4.62. The number of halogens is 1. The third kappa shape index (κ3) is 1.33. The second-order valence-electron chi connectivity index (χ2n) is 3.16. The Morgan fingerprint density at radius 2 is 1.81 bits per heavy atom. The van der Waals surface area contributed by atoms with Gasteiger partial charge in [0.1, 0.15) is 17.7 Å². The molecule has 0 radical (unpaired) electrons. The van der Waals surface area contributed by atoms with E-state index < -0.39 is 0 Å². The average Bonchev–Trinajstić information content (AvgIpc) is 2.80. The van der Waals surface area contributed by atoms with Crippen LogP contribution in [0.4, 0.5) is 0 Å². The van der Waals surface area contributed by atoms with Gasteiger partial charge in [0.15, 0.2) is 11.6 Å². The Hall–Kier alpha value is -2.01. The molecule has 3 rings (SSSR count). The Labute approximate surface area is 96.2 Å². The fraction of sp³-hybridized carbons (Fsp3) is 0. The Bertz CT molecular complexity index is 592. The van der Waals surface area contributed by atoms with Crippen LogP contribution in [0, 0.1) is 0 Å². The summed E-state index contributed by atoms with van der Waals surface area (Å²) in [5, 5.41) is 0. The molecule has 6 heteroatoms. The maximum Gasteiger partial charge on any atom is 0.178 e. The molecule has 0 unspecified atom stereocenters. The summed E-state index contributed by atoms with van der Waals surface area (Å²) in [4.78, 5) is 16.5. The summed E-state index contributed by atoms with van der Waals surface area (Å²) in [6.07, 6.45) is 4.77. The van der Waals surface area contributed by atoms with Crippen LogP contribution >= 0.6 is 11.8 Å². The van der Waals surface area contributed by atoms with Crippen LogP contribution < -0.4 is 0 Å². The number of rotatable bonds is 1. The molecule has 16 heavy (non-hydrogen) atoms. The fourth-order valence-electron chi connectivity index (χ4n) is 1.45. The largest absolute Gasteiger partial charge is 0.253 e. The number of hydrogen-bond acceptors (Lipinski definition) is 4. The monoisotopic (exact) mass is 231 g/mol. The molecule has 5 nitrogen and oxygen atoms in total. The van der Waals surface area contributed by atoms with E-state index in [2.05, 4.69) is 19.9 Å². The molecule has 0 amide bonds. The highest BCUT2D eigenvalue weighted by atomic mass is 35.5. The normalized spacial score (nSPS) is 10.8. The summed E-state index contributed by atoms with van der Waals surface area (Å²) in [7, 11) is 0. The molecule has 2 aliphatic rings. The van der Waals surface area contributed by atoms with Crippen molar-refractivity contribution in [3.63, 3.8) is 0 Å². The van der Waals surface area contributed by atoms with Gasteiger partial charge in [-0.1, -0.05) is 6.07 Å². The van der Waals surface area contributed by atoms with Gasteiger partial charge in [-0.2, -0.15) is 0 Å². The second-order valence-corrected chi connectivity index (χ2v) is 3.50. The maximum atomic E-state index is 6.13. The van der Waals surface area contributed by atoms with E-state index in [4.69, 9.17) is 11.8 Å². The van der Waals surface area contributed by atoms with E-state index in [9.17, 15) is 0 Å². The zero-order valence-electron chi connectivity index (χ0n) is 8.08. The molecular weight excluding hydrogens is 226 g/mol. The van der Waals surface area contributed by atoms with Gasteiger partial charge in [0, 0.05) is 18.0 Å². The van der Waals surface area contributed by atoms with E-state index in [0.29, 0.717) is 23.0 Å². The van der Waals surface area contributed by atoms with Crippen LogP contribution in [0.5, 0.6) is 0 Å². The third-order valence-corrected chi connectivity index (χ3v) is 2.50. The summed E-state index contributed by atoms with van der Waals surface area (Å²) in [6.45, 7) is 0. The van der Waals surface area contributed by atoms with E-state index in [1.54, 1.807) is 12.4 Å². The number of aromatic nitrogens is 5. The molecule has 0 saturated carbocycles. The fourth-order valence-corrected chi connectivity index (χ4v) is 1.71. The Balaban J connectivity index is 2.26. The highest BCUT2D eigenvalue weighted by molar-refractivity contribution is 6.18. The van der Waals surface area contributed by atoms with Gasteiger partial charge in [-0.3, -0.25) is 4.98 Å². The highest BCUT2D eigenvalue weighted by Crippen LogP contribution is 2.23. The SMILES string of the molecule is Cln1c(-c2ccccn2)ncc2ncnc1-2. The highest BCUT2D eigenvalue weighted by Gasteiger charge is 2.15. The number of fused-ring (bicyclic) bond motifs is 1. The topological polar surface area (TPSA) is 56.5 Å². The van der Waals surface area contributed by atoms with Crippen LogP contribution in [0.25, 0.3) is 23.0 Å². The van der Waals surface area contributed by atoms with E-state index >= 15 is 0 Å². The summed E-state index contributed by atoms with van der Waals surface area (Å²) in [5.41, 5.74) is 1.36. The first kappa shape index (κ1) is 9.23. The summed E-state index contributed by atoms with van der Waals surface area (Å²) >= 11 is 6.13. The van der Waals surface area contributed by atoms with Crippen molar-refractivity contribution in [1.82, 2.24) is 24.0 Å². The smallest absolute Gasteiger partial charge is 0.178 e. The molecule has 1 aromatic heterocycles. The van der Waals surface area contributed by atoms with Gasteiger partial charge in [-0.25, -0.2) is 19.0 Å². The van der Waals surface area contributed by atoms with Gasteiger partial charge in [0.25, 0.3) is 0 Å². The first-order valence-corrected chi connectivity index (χ1v) is 4.96. The van der Waals surface area contributed by atoms with Crippen molar-refractivity contribution in [2.24, 2.45) is 0 Å². The number of nitrogens with zero attached hydrogens (tertiary/aromatic N) is 5. The van der Waals surface area contributed by atoms with Crippen LogP contribution in [0.2, 0.25) is 0 Å². The van der Waals surface area contributed by atoms with Crippen molar-refractivity contribution >= 4 is 11.8 Å². The minimum Gasteiger partial charge on any atom is -0.253 e. The van der Waals surface area contributed by atoms with Crippen molar-refractivity contribution in [3.05, 3.63) is 36.9 Å². The van der Waals surface area contributed by atoms with E-state index in [1.165, 1.54) is 10.4 Å². The van der Waals surface area contributed by atoms with Gasteiger partial charge >= 0.3 is 0 Å². The van der Waals surface area contributed by atoms with Crippen LogP contribution in [0.3, 0.4) is 0 Å². The molecule has 3 heterocycles. The van der Waals surface area contributed by atoms with Gasteiger partial charge < -0.3 is 0 Å². The quantitative estimate of drug-likeness (QED) is 0.641. The molecule has 0 atom stereocenters. The molecule has 0 aromatic carbocycles. The predicted octanol–water partition coefficient (Wildman–Crippen LogP) is 1.84. The molecular formula is C10H6ClN5. The van der Waals surface area contributed by atoms with Crippen molar-refractivity contribution in [2.75, 3.05) is 0 Å². The zero-order valence-corrected chi connectivity index (χ0v) is 8.83. The van der Waals surface area contributed by atoms with Gasteiger partial charge in [0.2, 0.25) is 0 Å². The second kappa shape index (κ2) is 3.53. The van der Waals surface area contributed by atoms with Crippen LogP contribution in [0.1, 0.15) is 0 Å². The Morgan fingerprint density at radius 1 is 0.938 bits per heavy atom. The average molecular weight is 232 g/mol. The molecule has 0 N–H and O–H groups in total. The van der Waals surface area contributed by atoms with Crippen molar-refractivity contribution in [2.45, 2.75) is 0 Å². The van der Waals surface area contributed by atoms with E-state index in [0.717, 1.165) is 0 Å². The molecule has 1 aromatic rings. The summed E-state index contributed by atoms with van der Waals surface area (Å²) in [6, 6.07) is 5.55. The van der Waals surface area contributed by atoms with Crippen LogP contribution in [-0.2, 0) is 0 Å². The molecule has 0 fully saturated rings. The third-order valence-electron chi connectivity index (χ3n) is 2.18. The van der Waals surface area contributed by atoms with Crippen molar-refractivity contribution in [3.8, 4) is 23.0 Å². The minimum atomic E-state index is 0.551. The van der Waals surface area contributed by atoms with Crippen LogP contribution in [-0.4, -0.2) is 24.0 Å². The standard InChI is InChI=1S/C10H6ClN5/c11-16-9(7-3-1-2-4-12-7)13-5-8-10(16)15-6-14-8/h1-6H. The lowest BCUT2D eigenvalue weighted by Crippen LogP contribution is -2.01. The lowest BCUT2D eigenvalue weighted by molar-refractivity contribution is 1.05. The predicted molar refractivity (Wildman–Crippen MR) is 58.9 cm³/mol. The molecule has 0 saturated heterocycles. The Morgan fingerprint density at radius 3 is 2.62 bits per heavy atom.